The Balaban J connectivity index is 0.000000126. The molecule has 3 saturated carbocycles. The molecule has 0 radical (unpaired) electrons. The van der Waals surface area contributed by atoms with E-state index in [1.54, 1.807) is 31.0 Å². The van der Waals surface area contributed by atoms with Gasteiger partial charge in [-0.3, -0.25) is 28.1 Å². The van der Waals surface area contributed by atoms with Gasteiger partial charge in [0.1, 0.15) is 0 Å². The molecule has 0 amide bonds. The first kappa shape index (κ1) is 61.8. The number of aliphatic hydroxyl groups excluding tert-OH is 2. The first-order valence-corrected chi connectivity index (χ1v) is 32.2. The lowest BCUT2D eigenvalue weighted by atomic mass is 9.76. The summed E-state index contributed by atoms with van der Waals surface area (Å²) in [6.45, 7) is 14.5. The molecule has 26 heteroatoms. The third-order valence-electron chi connectivity index (χ3n) is 19.0. The van der Waals surface area contributed by atoms with Crippen LogP contribution in [0.5, 0.6) is 0 Å². The monoisotopic (exact) mass is 1250 g/mol. The highest BCUT2D eigenvalue weighted by Crippen LogP contribution is 2.44. The Labute approximate surface area is 531 Å². The van der Waals surface area contributed by atoms with Gasteiger partial charge in [-0.15, -0.1) is 0 Å². The van der Waals surface area contributed by atoms with E-state index in [4.69, 9.17) is 15.0 Å². The van der Waals surface area contributed by atoms with Gasteiger partial charge >= 0.3 is 0 Å². The largest absolute Gasteiger partial charge is 0.393 e. The van der Waals surface area contributed by atoms with Crippen molar-refractivity contribution in [2.75, 3.05) is 13.2 Å². The van der Waals surface area contributed by atoms with E-state index in [2.05, 4.69) is 106 Å². The highest BCUT2D eigenvalue weighted by Gasteiger charge is 2.45. The van der Waals surface area contributed by atoms with Crippen LogP contribution in [0.1, 0.15) is 162 Å². The lowest BCUT2D eigenvalue weighted by Gasteiger charge is -2.42. The molecule has 0 atom stereocenters. The SMILES string of the molecule is CCC(CC)n1cc(-c2nc(-c3cnn(C4CC(C)(O)C4)c3)cn3nccc23)cn1.CCC(CC)n1cc(-c2nc(-c3cnn(C4CC(O)(CO)C4)c3)cn3nccc23)cn1.CCC(CC)n1cc(-c2nc(-c3cnn(C4CC(O)(CO)C4)c3)cn3nccc23)cn1. The Morgan fingerprint density at radius 2 is 0.663 bits per heavy atom. The van der Waals surface area contributed by atoms with Gasteiger partial charge in [-0.25, -0.2) is 28.5 Å². The maximum Gasteiger partial charge on any atom is 0.0999 e. The number of nitrogens with zero attached hydrogens (tertiary/aromatic N) is 21. The Bertz CT molecular complexity index is 4270. The fourth-order valence-electron chi connectivity index (χ4n) is 13.2. The van der Waals surface area contributed by atoms with Crippen molar-refractivity contribution in [1.82, 2.24) is 102 Å². The minimum atomic E-state index is -0.981. The standard InChI is InChI=1S/2C22H27N7O2.C22H27N7O/c2*1-3-17(4-2)27-12-16(10-25-27)21-20-5-6-23-29(20)13-19(26-21)15-9-24-28(11-15)18-7-22(31,8-18)14-30;1-4-17(5-2)27-13-16(11-25-27)21-20-6-7-23-29(20)14-19(26-21)15-10-24-28(12-15)18-8-22(3,30)9-18/h2*5-6,9-13,17-18,30-31H,3-4,7-8,14H2,1-2H3;6-7,10-14,17-18,30H,4-5,8-9H2,1-3H3. The van der Waals surface area contributed by atoms with Crippen molar-refractivity contribution < 1.29 is 25.5 Å². The Kier molecular flexibility index (Phi) is 16.9. The van der Waals surface area contributed by atoms with Crippen LogP contribution >= 0.6 is 0 Å². The summed E-state index contributed by atoms with van der Waals surface area (Å²) in [5, 5.41) is 89.3. The maximum absolute atomic E-state index is 10.1. The first-order chi connectivity index (χ1) is 44.5. The molecular formula is C66H81N21O5. The first-order valence-electron chi connectivity index (χ1n) is 32.2. The summed E-state index contributed by atoms with van der Waals surface area (Å²) in [5.41, 5.74) is 10.7. The van der Waals surface area contributed by atoms with Crippen molar-refractivity contribution in [3.05, 3.63) is 130 Å². The number of hydrogen-bond acceptors (Lipinski definition) is 17. The molecule has 3 aliphatic rings. The summed E-state index contributed by atoms with van der Waals surface area (Å²) >= 11 is 0. The summed E-state index contributed by atoms with van der Waals surface area (Å²) in [5.74, 6) is 0. The van der Waals surface area contributed by atoms with Gasteiger partial charge in [0, 0.05) is 96.2 Å². The predicted molar refractivity (Wildman–Crippen MR) is 345 cm³/mol. The van der Waals surface area contributed by atoms with Crippen LogP contribution in [0.15, 0.2) is 130 Å². The van der Waals surface area contributed by atoms with Crippen molar-refractivity contribution in [3.63, 3.8) is 0 Å². The molecule has 0 saturated heterocycles. The summed E-state index contributed by atoms with van der Waals surface area (Å²) in [4.78, 5) is 14.9. The molecular weight excluding hydrogens is 1170 g/mol. The van der Waals surface area contributed by atoms with Gasteiger partial charge in [0.15, 0.2) is 0 Å². The van der Waals surface area contributed by atoms with Crippen LogP contribution in [-0.4, -0.2) is 158 Å². The van der Waals surface area contributed by atoms with Crippen LogP contribution in [0.4, 0.5) is 0 Å². The molecule has 0 unspecified atom stereocenters. The average molecular weight is 1250 g/mol. The van der Waals surface area contributed by atoms with Crippen molar-refractivity contribution in [1.29, 1.82) is 0 Å². The Morgan fingerprint density at radius 3 is 0.935 bits per heavy atom. The molecule has 5 N–H and O–H groups in total. The lowest BCUT2D eigenvalue weighted by Crippen LogP contribution is -2.47. The topological polar surface area (TPSA) is 299 Å². The second-order valence-corrected chi connectivity index (χ2v) is 25.5. The maximum atomic E-state index is 10.1. The fourth-order valence-corrected chi connectivity index (χ4v) is 13.2. The third-order valence-corrected chi connectivity index (χ3v) is 19.0. The summed E-state index contributed by atoms with van der Waals surface area (Å²) in [6, 6.07) is 7.41. The van der Waals surface area contributed by atoms with E-state index in [0.717, 1.165) is 135 Å². The van der Waals surface area contributed by atoms with Crippen LogP contribution in [0.25, 0.3) is 84.1 Å². The van der Waals surface area contributed by atoms with Gasteiger partial charge < -0.3 is 25.5 Å². The molecule has 12 aromatic rings. The molecule has 12 heterocycles. The fraction of sp³-hybridized carbons (Fsp3) is 0.455. The normalized spacial score (nSPS) is 21.2. The van der Waals surface area contributed by atoms with Crippen molar-refractivity contribution in [2.24, 2.45) is 0 Å². The lowest BCUT2D eigenvalue weighted by molar-refractivity contribution is -0.104. The van der Waals surface area contributed by atoms with Crippen LogP contribution in [0.3, 0.4) is 0 Å². The predicted octanol–water partition coefficient (Wildman–Crippen LogP) is 9.65. The van der Waals surface area contributed by atoms with E-state index in [9.17, 15) is 25.5 Å². The van der Waals surface area contributed by atoms with E-state index >= 15 is 0 Å². The van der Waals surface area contributed by atoms with Crippen molar-refractivity contribution in [3.8, 4) is 67.5 Å². The molecule has 480 valence electrons. The van der Waals surface area contributed by atoms with Gasteiger partial charge in [0.05, 0.1) is 191 Å². The zero-order chi connectivity index (χ0) is 64.1. The van der Waals surface area contributed by atoms with Gasteiger partial charge in [-0.1, -0.05) is 41.5 Å². The molecule has 3 fully saturated rings. The molecule has 12 aromatic heterocycles. The van der Waals surface area contributed by atoms with E-state index in [-0.39, 0.29) is 31.3 Å². The average Bonchev–Trinajstić information content (AvgIpc) is 1.58. The van der Waals surface area contributed by atoms with Crippen LogP contribution in [0.2, 0.25) is 0 Å². The quantitative estimate of drug-likeness (QED) is 0.0474. The van der Waals surface area contributed by atoms with Crippen molar-refractivity contribution in [2.45, 2.75) is 179 Å². The number of hydrogen-bond donors (Lipinski definition) is 5. The third kappa shape index (κ3) is 12.1. The molecule has 0 spiro atoms. The van der Waals surface area contributed by atoms with E-state index in [0.29, 0.717) is 43.8 Å². The minimum Gasteiger partial charge on any atom is -0.393 e. The van der Waals surface area contributed by atoms with Gasteiger partial charge in [0.25, 0.3) is 0 Å². The molecule has 15 rings (SSSR count). The zero-order valence-corrected chi connectivity index (χ0v) is 53.1. The Morgan fingerprint density at radius 1 is 0.380 bits per heavy atom. The highest BCUT2D eigenvalue weighted by molar-refractivity contribution is 5.80. The summed E-state index contributed by atoms with van der Waals surface area (Å²) in [7, 11) is 0. The molecule has 0 aromatic carbocycles. The highest BCUT2D eigenvalue weighted by atomic mass is 16.3. The number of aromatic nitrogens is 21. The number of aliphatic hydroxyl groups is 5. The number of fused-ring (bicyclic) bond motifs is 3. The molecule has 92 heavy (non-hydrogen) atoms. The van der Waals surface area contributed by atoms with E-state index < -0.39 is 16.8 Å². The summed E-state index contributed by atoms with van der Waals surface area (Å²) in [6.07, 6.45) is 43.8. The smallest absolute Gasteiger partial charge is 0.0999 e. The van der Waals surface area contributed by atoms with Crippen molar-refractivity contribution >= 4 is 16.6 Å². The van der Waals surface area contributed by atoms with Gasteiger partial charge in [-0.05, 0) is 76.5 Å². The van der Waals surface area contributed by atoms with Gasteiger partial charge in [-0.2, -0.15) is 45.9 Å². The number of rotatable bonds is 20. The molecule has 0 aliphatic heterocycles. The molecule has 3 aliphatic carbocycles. The second-order valence-electron chi connectivity index (χ2n) is 25.5. The van der Waals surface area contributed by atoms with Crippen LogP contribution in [-0.2, 0) is 0 Å². The minimum absolute atomic E-state index is 0.0806. The van der Waals surface area contributed by atoms with Crippen LogP contribution < -0.4 is 0 Å². The van der Waals surface area contributed by atoms with Crippen LogP contribution in [0, 0.1) is 0 Å². The molecule has 0 bridgehead atoms. The zero-order valence-electron chi connectivity index (χ0n) is 53.1. The van der Waals surface area contributed by atoms with E-state index in [1.165, 1.54) is 0 Å². The molecule has 26 nitrogen and oxygen atoms in total. The Hall–Kier alpha value is -9.08. The summed E-state index contributed by atoms with van der Waals surface area (Å²) < 4.78 is 17.2. The van der Waals surface area contributed by atoms with Gasteiger partial charge in [0.2, 0.25) is 0 Å². The second kappa shape index (κ2) is 25.2. The van der Waals surface area contributed by atoms with E-state index in [1.807, 2.05) is 129 Å².